The van der Waals surface area contributed by atoms with E-state index in [9.17, 15) is 14.9 Å². The zero-order chi connectivity index (χ0) is 24.4. The molecule has 0 fully saturated rings. The highest BCUT2D eigenvalue weighted by Gasteiger charge is 2.18. The summed E-state index contributed by atoms with van der Waals surface area (Å²) in [5, 5.41) is 18.4. The lowest BCUT2D eigenvalue weighted by Crippen LogP contribution is -2.13. The van der Waals surface area contributed by atoms with Gasteiger partial charge in [-0.1, -0.05) is 60.7 Å². The Morgan fingerprint density at radius 1 is 0.943 bits per heavy atom. The van der Waals surface area contributed by atoms with Crippen LogP contribution in [0.2, 0.25) is 0 Å². The van der Waals surface area contributed by atoms with Crippen LogP contribution in [0.25, 0.3) is 28.2 Å². The molecule has 2 heterocycles. The molecule has 0 aliphatic heterocycles. The van der Waals surface area contributed by atoms with E-state index in [0.717, 1.165) is 22.5 Å². The molecule has 0 unspecified atom stereocenters. The van der Waals surface area contributed by atoms with Crippen LogP contribution in [-0.2, 0) is 0 Å². The lowest BCUT2D eigenvalue weighted by atomic mass is 10.1. The Morgan fingerprint density at radius 3 is 2.29 bits per heavy atom. The Morgan fingerprint density at radius 2 is 1.63 bits per heavy atom. The van der Waals surface area contributed by atoms with E-state index < -0.39 is 10.8 Å². The number of fused-ring (bicyclic) bond motifs is 1. The first kappa shape index (κ1) is 21.8. The Labute approximate surface area is 199 Å². The summed E-state index contributed by atoms with van der Waals surface area (Å²) >= 11 is 0. The SMILES string of the molecule is COc1cc(NC(=O)c2cc3nc(-c4ccccc4)cc(-c4ccccc4)n3n2)cc([N+](=O)[O-])c1. The second-order valence-corrected chi connectivity index (χ2v) is 7.69. The number of nitro groups is 1. The average Bonchev–Trinajstić information content (AvgIpc) is 3.33. The minimum absolute atomic E-state index is 0.116. The molecule has 0 spiro atoms. The van der Waals surface area contributed by atoms with Crippen LogP contribution < -0.4 is 10.1 Å². The number of ether oxygens (including phenoxy) is 1. The number of aromatic nitrogens is 3. The third-order valence-corrected chi connectivity index (χ3v) is 5.39. The summed E-state index contributed by atoms with van der Waals surface area (Å²) in [5.41, 5.74) is 3.99. The largest absolute Gasteiger partial charge is 0.496 e. The molecule has 0 bridgehead atoms. The summed E-state index contributed by atoms with van der Waals surface area (Å²) in [4.78, 5) is 28.4. The van der Waals surface area contributed by atoms with Crippen molar-refractivity contribution >= 4 is 22.9 Å². The van der Waals surface area contributed by atoms with Crippen LogP contribution in [0.5, 0.6) is 5.75 Å². The number of anilines is 1. The topological polar surface area (TPSA) is 112 Å². The van der Waals surface area contributed by atoms with Crippen molar-refractivity contribution in [3.63, 3.8) is 0 Å². The lowest BCUT2D eigenvalue weighted by Gasteiger charge is -2.08. The van der Waals surface area contributed by atoms with Crippen LogP contribution in [0.1, 0.15) is 10.5 Å². The van der Waals surface area contributed by atoms with Gasteiger partial charge in [0.25, 0.3) is 11.6 Å². The van der Waals surface area contributed by atoms with Crippen LogP contribution >= 0.6 is 0 Å². The second-order valence-electron chi connectivity index (χ2n) is 7.69. The van der Waals surface area contributed by atoms with E-state index in [-0.39, 0.29) is 22.8 Å². The van der Waals surface area contributed by atoms with Gasteiger partial charge in [-0.15, -0.1) is 0 Å². The number of nitrogens with one attached hydrogen (secondary N) is 1. The number of amides is 1. The molecule has 0 aliphatic rings. The molecular weight excluding hydrogens is 446 g/mol. The van der Waals surface area contributed by atoms with Crippen molar-refractivity contribution in [3.8, 4) is 28.3 Å². The predicted octanol–water partition coefficient (Wildman–Crippen LogP) is 5.23. The van der Waals surface area contributed by atoms with Crippen LogP contribution in [-0.4, -0.2) is 32.5 Å². The molecule has 0 radical (unpaired) electrons. The maximum atomic E-state index is 13.0. The van der Waals surface area contributed by atoms with Crippen molar-refractivity contribution in [2.24, 2.45) is 0 Å². The van der Waals surface area contributed by atoms with Crippen molar-refractivity contribution < 1.29 is 14.5 Å². The van der Waals surface area contributed by atoms with Gasteiger partial charge < -0.3 is 10.1 Å². The van der Waals surface area contributed by atoms with E-state index in [0.29, 0.717) is 5.65 Å². The van der Waals surface area contributed by atoms with E-state index >= 15 is 0 Å². The lowest BCUT2D eigenvalue weighted by molar-refractivity contribution is -0.384. The highest BCUT2D eigenvalue weighted by Crippen LogP contribution is 2.28. The molecular formula is C26H19N5O4. The molecule has 2 aromatic heterocycles. The number of nitro benzene ring substituents is 1. The van der Waals surface area contributed by atoms with Gasteiger partial charge in [-0.25, -0.2) is 9.50 Å². The Balaban J connectivity index is 1.58. The highest BCUT2D eigenvalue weighted by atomic mass is 16.6. The average molecular weight is 465 g/mol. The van der Waals surface area contributed by atoms with Crippen molar-refractivity contribution in [1.29, 1.82) is 0 Å². The van der Waals surface area contributed by atoms with E-state index in [1.807, 2.05) is 66.7 Å². The third kappa shape index (κ3) is 4.42. The van der Waals surface area contributed by atoms with Crippen molar-refractivity contribution in [3.05, 3.63) is 107 Å². The number of rotatable bonds is 6. The number of non-ortho nitro benzene ring substituents is 1. The van der Waals surface area contributed by atoms with E-state index in [4.69, 9.17) is 9.72 Å². The Kier molecular flexibility index (Phi) is 5.64. The normalized spacial score (nSPS) is 10.8. The summed E-state index contributed by atoms with van der Waals surface area (Å²) in [5.74, 6) is -0.275. The highest BCUT2D eigenvalue weighted by molar-refractivity contribution is 6.04. The molecule has 3 aromatic carbocycles. The van der Waals surface area contributed by atoms with Gasteiger partial charge in [0.05, 0.1) is 35.2 Å². The third-order valence-electron chi connectivity index (χ3n) is 5.39. The number of hydrogen-bond acceptors (Lipinski definition) is 6. The predicted molar refractivity (Wildman–Crippen MR) is 131 cm³/mol. The molecule has 1 N–H and O–H groups in total. The summed E-state index contributed by atoms with van der Waals surface area (Å²) in [6, 6.07) is 27.0. The number of nitrogens with zero attached hydrogens (tertiary/aromatic N) is 4. The van der Waals surface area contributed by atoms with Gasteiger partial charge in [-0.2, -0.15) is 5.10 Å². The van der Waals surface area contributed by atoms with Crippen molar-refractivity contribution in [1.82, 2.24) is 14.6 Å². The van der Waals surface area contributed by atoms with Gasteiger partial charge in [0.2, 0.25) is 0 Å². The zero-order valence-corrected chi connectivity index (χ0v) is 18.6. The molecule has 172 valence electrons. The summed E-state index contributed by atoms with van der Waals surface area (Å²) in [6.07, 6.45) is 0. The standard InChI is InChI=1S/C26H19N5O4/c1-35-21-13-19(12-20(14-21)31(33)34)27-26(32)23-16-25-28-22(17-8-4-2-5-9-17)15-24(30(25)29-23)18-10-6-3-7-11-18/h2-16H,1H3,(H,27,32). The molecule has 1 amide bonds. The Hall–Kier alpha value is -5.05. The van der Waals surface area contributed by atoms with Crippen LogP contribution in [0.4, 0.5) is 11.4 Å². The molecule has 9 nitrogen and oxygen atoms in total. The van der Waals surface area contributed by atoms with Gasteiger partial charge in [0.1, 0.15) is 5.75 Å². The van der Waals surface area contributed by atoms with Crippen molar-refractivity contribution in [2.45, 2.75) is 0 Å². The molecule has 5 aromatic rings. The summed E-state index contributed by atoms with van der Waals surface area (Å²) in [7, 11) is 1.40. The smallest absolute Gasteiger partial charge is 0.276 e. The maximum Gasteiger partial charge on any atom is 0.276 e. The first-order valence-electron chi connectivity index (χ1n) is 10.7. The van der Waals surface area contributed by atoms with Gasteiger partial charge in [0, 0.05) is 29.3 Å². The van der Waals surface area contributed by atoms with E-state index in [1.165, 1.54) is 25.3 Å². The molecule has 0 saturated carbocycles. The summed E-state index contributed by atoms with van der Waals surface area (Å²) < 4.78 is 6.73. The van der Waals surface area contributed by atoms with E-state index in [2.05, 4.69) is 10.4 Å². The van der Waals surface area contributed by atoms with Gasteiger partial charge in [-0.3, -0.25) is 14.9 Å². The first-order chi connectivity index (χ1) is 17.0. The molecule has 0 saturated heterocycles. The van der Waals surface area contributed by atoms with Gasteiger partial charge in [-0.05, 0) is 6.07 Å². The monoisotopic (exact) mass is 465 g/mol. The van der Waals surface area contributed by atoms with Crippen LogP contribution in [0.3, 0.4) is 0 Å². The second kappa shape index (κ2) is 9.06. The number of hydrogen-bond donors (Lipinski definition) is 1. The van der Waals surface area contributed by atoms with Gasteiger partial charge in [0.15, 0.2) is 11.3 Å². The van der Waals surface area contributed by atoms with Crippen LogP contribution in [0, 0.1) is 10.1 Å². The minimum Gasteiger partial charge on any atom is -0.496 e. The Bertz CT molecular complexity index is 1550. The fourth-order valence-electron chi connectivity index (χ4n) is 3.73. The quantitative estimate of drug-likeness (QED) is 0.271. The number of carbonyl (C=O) groups is 1. The van der Waals surface area contributed by atoms with Gasteiger partial charge >= 0.3 is 0 Å². The zero-order valence-electron chi connectivity index (χ0n) is 18.6. The fourth-order valence-corrected chi connectivity index (χ4v) is 3.73. The minimum atomic E-state index is -0.551. The van der Waals surface area contributed by atoms with E-state index in [1.54, 1.807) is 10.6 Å². The fraction of sp³-hybridized carbons (Fsp3) is 0.0385. The molecule has 5 rings (SSSR count). The molecule has 9 heteroatoms. The van der Waals surface area contributed by atoms with Crippen molar-refractivity contribution in [2.75, 3.05) is 12.4 Å². The van der Waals surface area contributed by atoms with Crippen LogP contribution in [0.15, 0.2) is 91.0 Å². The summed E-state index contributed by atoms with van der Waals surface area (Å²) in [6.45, 7) is 0. The molecule has 0 atom stereocenters. The molecule has 0 aliphatic carbocycles. The maximum absolute atomic E-state index is 13.0. The number of benzene rings is 3. The number of carbonyl (C=O) groups excluding carboxylic acids is 1. The first-order valence-corrected chi connectivity index (χ1v) is 10.7. The molecule has 35 heavy (non-hydrogen) atoms. The number of methoxy groups -OCH3 is 1.